The molecule has 2 saturated heterocycles. The third-order valence-electron chi connectivity index (χ3n) is 5.23. The van der Waals surface area contributed by atoms with Crippen molar-refractivity contribution in [2.75, 3.05) is 78.6 Å². The molecule has 2 fully saturated rings. The van der Waals surface area contributed by atoms with E-state index in [0.717, 1.165) is 72.0 Å². The summed E-state index contributed by atoms with van der Waals surface area (Å²) in [5.74, 6) is 0. The lowest BCUT2D eigenvalue weighted by Crippen LogP contribution is -2.59. The van der Waals surface area contributed by atoms with Crippen LogP contribution in [-0.2, 0) is 4.74 Å². The fraction of sp³-hybridized carbons (Fsp3) is 0.789. The quantitative estimate of drug-likeness (QED) is 0.451. The Hall–Kier alpha value is -0.760. The molecule has 0 bridgehead atoms. The van der Waals surface area contributed by atoms with Crippen LogP contribution in [0.5, 0.6) is 0 Å². The van der Waals surface area contributed by atoms with Crippen LogP contribution in [0.25, 0.3) is 0 Å². The minimum Gasteiger partial charge on any atom is -0.367 e. The normalized spacial score (nSPS) is 24.1. The van der Waals surface area contributed by atoms with Crippen molar-refractivity contribution in [1.82, 2.24) is 19.6 Å². The number of piperazine rings is 2. The van der Waals surface area contributed by atoms with Gasteiger partial charge in [-0.1, -0.05) is 12.2 Å². The molecule has 25 heavy (non-hydrogen) atoms. The van der Waals surface area contributed by atoms with E-state index in [0.29, 0.717) is 6.61 Å². The molecule has 6 nitrogen and oxygen atoms in total. The van der Waals surface area contributed by atoms with Crippen molar-refractivity contribution in [2.45, 2.75) is 19.3 Å². The minimum absolute atomic E-state index is 0.0387. The fourth-order valence-corrected chi connectivity index (χ4v) is 3.73. The Morgan fingerprint density at radius 3 is 1.84 bits per heavy atom. The number of hydrogen-bond acceptors (Lipinski definition) is 6. The molecule has 2 aliphatic heterocycles. The van der Waals surface area contributed by atoms with Crippen LogP contribution in [0.2, 0.25) is 0 Å². The summed E-state index contributed by atoms with van der Waals surface area (Å²) < 4.78 is 5.57. The molecule has 2 unspecified atom stereocenters. The highest BCUT2D eigenvalue weighted by atomic mass is 16.6. The summed E-state index contributed by atoms with van der Waals surface area (Å²) in [7, 11) is 0. The molecule has 0 aromatic carbocycles. The van der Waals surface area contributed by atoms with Crippen LogP contribution < -0.4 is 0 Å². The third kappa shape index (κ3) is 6.47. The summed E-state index contributed by atoms with van der Waals surface area (Å²) in [5.41, 5.74) is 0. The number of hydrogen-bond donors (Lipinski definition) is 1. The van der Waals surface area contributed by atoms with Crippen molar-refractivity contribution in [1.29, 1.82) is 0 Å². The van der Waals surface area contributed by atoms with Gasteiger partial charge in [-0.15, -0.1) is 13.2 Å². The van der Waals surface area contributed by atoms with Crippen molar-refractivity contribution in [3.8, 4) is 0 Å². The first-order chi connectivity index (χ1) is 12.2. The number of aliphatic hydroxyl groups excluding tert-OH is 1. The Morgan fingerprint density at radius 2 is 1.36 bits per heavy atom. The van der Waals surface area contributed by atoms with Crippen molar-refractivity contribution in [2.24, 2.45) is 0 Å². The van der Waals surface area contributed by atoms with Gasteiger partial charge in [-0.2, -0.15) is 0 Å². The van der Waals surface area contributed by atoms with E-state index < -0.39 is 6.29 Å². The first-order valence-corrected chi connectivity index (χ1v) is 9.60. The van der Waals surface area contributed by atoms with E-state index in [4.69, 9.17) is 4.74 Å². The molecule has 0 aromatic rings. The zero-order valence-corrected chi connectivity index (χ0v) is 15.9. The maximum Gasteiger partial charge on any atom is 0.171 e. The predicted molar refractivity (Wildman–Crippen MR) is 103 cm³/mol. The van der Waals surface area contributed by atoms with Crippen LogP contribution in [0.1, 0.15) is 6.92 Å². The Kier molecular flexibility index (Phi) is 9.09. The lowest BCUT2D eigenvalue weighted by atomic mass is 10.1. The highest BCUT2D eigenvalue weighted by molar-refractivity contribution is 4.87. The number of rotatable bonds is 10. The zero-order valence-electron chi connectivity index (χ0n) is 15.9. The van der Waals surface area contributed by atoms with Crippen molar-refractivity contribution in [3.05, 3.63) is 25.3 Å². The van der Waals surface area contributed by atoms with E-state index in [1.165, 1.54) is 0 Å². The molecule has 2 aliphatic rings. The molecular formula is C19H36N4O2. The van der Waals surface area contributed by atoms with Gasteiger partial charge in [0.2, 0.25) is 0 Å². The van der Waals surface area contributed by atoms with E-state index in [2.05, 4.69) is 32.8 Å². The molecule has 0 saturated carbocycles. The summed E-state index contributed by atoms with van der Waals surface area (Å²) in [6, 6.07) is 0.0387. The highest BCUT2D eigenvalue weighted by Gasteiger charge is 2.31. The molecule has 0 radical (unpaired) electrons. The van der Waals surface area contributed by atoms with E-state index in [1.807, 2.05) is 19.1 Å². The molecule has 0 aliphatic carbocycles. The van der Waals surface area contributed by atoms with Gasteiger partial charge in [-0.25, -0.2) is 0 Å². The summed E-state index contributed by atoms with van der Waals surface area (Å²) in [5, 5.41) is 10.6. The van der Waals surface area contributed by atoms with Crippen LogP contribution in [0.4, 0.5) is 0 Å². The lowest BCUT2D eigenvalue weighted by molar-refractivity contribution is -0.151. The number of nitrogens with zero attached hydrogens (tertiary/aromatic N) is 4. The summed E-state index contributed by atoms with van der Waals surface area (Å²) >= 11 is 0. The van der Waals surface area contributed by atoms with Gasteiger partial charge in [-0.3, -0.25) is 19.6 Å². The molecule has 1 N–H and O–H groups in total. The lowest BCUT2D eigenvalue weighted by Gasteiger charge is -2.43. The van der Waals surface area contributed by atoms with Crippen LogP contribution in [-0.4, -0.2) is 116 Å². The topological polar surface area (TPSA) is 42.4 Å². The summed E-state index contributed by atoms with van der Waals surface area (Å²) in [6.07, 6.45) is 3.22. The molecule has 2 rings (SSSR count). The zero-order chi connectivity index (χ0) is 18.1. The Labute approximate surface area is 153 Å². The molecular weight excluding hydrogens is 316 g/mol. The Balaban J connectivity index is 1.88. The monoisotopic (exact) mass is 352 g/mol. The Bertz CT molecular complexity index is 391. The average Bonchev–Trinajstić information content (AvgIpc) is 2.62. The standard InChI is InChI=1S/C19H36N4O2/c1-4-7-20-9-11-22(12-10-20)17-18(19(24)25-6-3)23-15-13-21(8-5-2)14-16-23/h4-5,18-19,24H,1-2,6-17H2,3H3. The average molecular weight is 353 g/mol. The van der Waals surface area contributed by atoms with E-state index in [1.54, 1.807) is 0 Å². The van der Waals surface area contributed by atoms with Gasteiger partial charge in [0.15, 0.2) is 6.29 Å². The summed E-state index contributed by atoms with van der Waals surface area (Å²) in [4.78, 5) is 9.69. The Morgan fingerprint density at radius 1 is 0.880 bits per heavy atom. The molecule has 0 aromatic heterocycles. The van der Waals surface area contributed by atoms with Crippen molar-refractivity contribution in [3.63, 3.8) is 0 Å². The smallest absolute Gasteiger partial charge is 0.171 e. The second kappa shape index (κ2) is 11.1. The highest BCUT2D eigenvalue weighted by Crippen LogP contribution is 2.14. The van der Waals surface area contributed by atoms with Crippen molar-refractivity contribution >= 4 is 0 Å². The second-order valence-electron chi connectivity index (χ2n) is 6.93. The number of aliphatic hydroxyl groups is 1. The van der Waals surface area contributed by atoms with Gasteiger partial charge in [-0.05, 0) is 6.92 Å². The van der Waals surface area contributed by atoms with Crippen LogP contribution >= 0.6 is 0 Å². The predicted octanol–water partition coefficient (Wildman–Crippen LogP) is 0.317. The largest absolute Gasteiger partial charge is 0.367 e. The third-order valence-corrected chi connectivity index (χ3v) is 5.23. The summed E-state index contributed by atoms with van der Waals surface area (Å²) in [6.45, 7) is 21.1. The van der Waals surface area contributed by atoms with Gasteiger partial charge in [0, 0.05) is 78.6 Å². The van der Waals surface area contributed by atoms with E-state index in [-0.39, 0.29) is 6.04 Å². The van der Waals surface area contributed by atoms with Gasteiger partial charge in [0.05, 0.1) is 6.04 Å². The SMILES string of the molecule is C=CCN1CCN(CC(C(O)OCC)N2CCN(CC=C)CC2)CC1. The molecule has 2 heterocycles. The molecule has 6 heteroatoms. The van der Waals surface area contributed by atoms with Gasteiger partial charge >= 0.3 is 0 Å². The number of ether oxygens (including phenoxy) is 1. The first-order valence-electron chi connectivity index (χ1n) is 9.60. The molecule has 144 valence electrons. The maximum absolute atomic E-state index is 10.6. The van der Waals surface area contributed by atoms with Gasteiger partial charge in [0.25, 0.3) is 0 Å². The fourth-order valence-electron chi connectivity index (χ4n) is 3.73. The first kappa shape index (κ1) is 20.6. The second-order valence-corrected chi connectivity index (χ2v) is 6.93. The van der Waals surface area contributed by atoms with Crippen LogP contribution in [0, 0.1) is 0 Å². The molecule has 2 atom stereocenters. The molecule has 0 amide bonds. The molecule has 0 spiro atoms. The van der Waals surface area contributed by atoms with Gasteiger partial charge in [0.1, 0.15) is 0 Å². The van der Waals surface area contributed by atoms with E-state index in [9.17, 15) is 5.11 Å². The van der Waals surface area contributed by atoms with Gasteiger partial charge < -0.3 is 9.84 Å². The van der Waals surface area contributed by atoms with Crippen molar-refractivity contribution < 1.29 is 9.84 Å². The minimum atomic E-state index is -0.720. The maximum atomic E-state index is 10.6. The van der Waals surface area contributed by atoms with E-state index >= 15 is 0 Å². The van der Waals surface area contributed by atoms with Crippen LogP contribution in [0.3, 0.4) is 0 Å². The van der Waals surface area contributed by atoms with Crippen LogP contribution in [0.15, 0.2) is 25.3 Å².